The van der Waals surface area contributed by atoms with E-state index >= 15 is 0 Å². The van der Waals surface area contributed by atoms with Crippen LogP contribution in [0, 0.1) is 0 Å². The molecule has 0 spiro atoms. The number of ether oxygens (including phenoxy) is 1. The molecule has 0 aromatic heterocycles. The fourth-order valence-electron chi connectivity index (χ4n) is 3.04. The van der Waals surface area contributed by atoms with Gasteiger partial charge in [0.25, 0.3) is 0 Å². The van der Waals surface area contributed by atoms with Crippen LogP contribution in [0.25, 0.3) is 0 Å². The highest BCUT2D eigenvalue weighted by Gasteiger charge is 2.21. The predicted molar refractivity (Wildman–Crippen MR) is 87.7 cm³/mol. The van der Waals surface area contributed by atoms with Crippen molar-refractivity contribution in [2.75, 3.05) is 38.2 Å². The second-order valence-corrected chi connectivity index (χ2v) is 5.74. The van der Waals surface area contributed by atoms with Crippen LogP contribution in [0.15, 0.2) is 48.5 Å². The first-order chi connectivity index (χ1) is 10.8. The number of anilines is 1. The van der Waals surface area contributed by atoms with E-state index in [-0.39, 0.29) is 0 Å². The first-order valence-corrected chi connectivity index (χ1v) is 7.75. The zero-order valence-electron chi connectivity index (χ0n) is 13.0. The summed E-state index contributed by atoms with van der Waals surface area (Å²) in [4.78, 5) is 3.96. The molecule has 0 bridgehead atoms. The summed E-state index contributed by atoms with van der Waals surface area (Å²) in [6.07, 6.45) is 0. The summed E-state index contributed by atoms with van der Waals surface area (Å²) in [7, 11) is 1.73. The van der Waals surface area contributed by atoms with E-state index in [2.05, 4.69) is 17.0 Å². The molecular formula is C18H23N2O2+. The van der Waals surface area contributed by atoms with Gasteiger partial charge < -0.3 is 19.6 Å². The van der Waals surface area contributed by atoms with Crippen LogP contribution in [0.4, 0.5) is 5.69 Å². The maximum Gasteiger partial charge on any atom is 0.127 e. The number of aromatic hydroxyl groups is 1. The number of para-hydroxylation sites is 1. The summed E-state index contributed by atoms with van der Waals surface area (Å²) in [6, 6.07) is 15.7. The average Bonchev–Trinajstić information content (AvgIpc) is 2.57. The summed E-state index contributed by atoms with van der Waals surface area (Å²) in [5, 5.41) is 9.38. The molecule has 1 heterocycles. The van der Waals surface area contributed by atoms with Gasteiger partial charge in [-0.2, -0.15) is 0 Å². The second kappa shape index (κ2) is 6.71. The van der Waals surface area contributed by atoms with Crippen LogP contribution < -0.4 is 14.5 Å². The zero-order chi connectivity index (χ0) is 15.4. The molecule has 4 nitrogen and oxygen atoms in total. The molecule has 2 N–H and O–H groups in total. The molecule has 0 radical (unpaired) electrons. The molecular weight excluding hydrogens is 276 g/mol. The van der Waals surface area contributed by atoms with Gasteiger partial charge in [-0.25, -0.2) is 0 Å². The fraction of sp³-hybridized carbons (Fsp3) is 0.333. The number of piperazine rings is 1. The third-order valence-corrected chi connectivity index (χ3v) is 4.32. The van der Waals surface area contributed by atoms with Crippen molar-refractivity contribution >= 4 is 5.69 Å². The number of rotatable bonds is 4. The molecule has 0 aliphatic carbocycles. The van der Waals surface area contributed by atoms with Gasteiger partial charge in [-0.1, -0.05) is 12.1 Å². The molecule has 1 aliphatic heterocycles. The molecule has 2 aromatic rings. The number of quaternary nitrogens is 1. The van der Waals surface area contributed by atoms with Crippen LogP contribution in [0.2, 0.25) is 0 Å². The van der Waals surface area contributed by atoms with Gasteiger partial charge in [0.1, 0.15) is 18.0 Å². The topological polar surface area (TPSA) is 37.1 Å². The zero-order valence-corrected chi connectivity index (χ0v) is 13.0. The lowest BCUT2D eigenvalue weighted by Gasteiger charge is -2.33. The van der Waals surface area contributed by atoms with E-state index in [1.165, 1.54) is 11.3 Å². The molecule has 0 saturated carbocycles. The Labute approximate surface area is 131 Å². The highest BCUT2D eigenvalue weighted by Crippen LogP contribution is 2.19. The van der Waals surface area contributed by atoms with Crippen LogP contribution >= 0.6 is 0 Å². The SMILES string of the molecule is COc1ccccc1C[NH+]1CCN(c2ccc(O)cc2)CC1. The van der Waals surface area contributed by atoms with Gasteiger partial charge >= 0.3 is 0 Å². The summed E-state index contributed by atoms with van der Waals surface area (Å²) in [5.41, 5.74) is 2.47. The molecule has 2 aromatic carbocycles. The molecule has 1 fully saturated rings. The summed E-state index contributed by atoms with van der Waals surface area (Å²) in [5.74, 6) is 1.31. The third kappa shape index (κ3) is 3.34. The van der Waals surface area contributed by atoms with Crippen molar-refractivity contribution < 1.29 is 14.7 Å². The summed E-state index contributed by atoms with van der Waals surface area (Å²) in [6.45, 7) is 5.30. The van der Waals surface area contributed by atoms with E-state index in [1.54, 1.807) is 24.1 Å². The first kappa shape index (κ1) is 14.7. The largest absolute Gasteiger partial charge is 0.508 e. The molecule has 1 aliphatic rings. The van der Waals surface area contributed by atoms with Crippen molar-refractivity contribution in [3.8, 4) is 11.5 Å². The van der Waals surface area contributed by atoms with Crippen LogP contribution in [0.1, 0.15) is 5.56 Å². The minimum Gasteiger partial charge on any atom is -0.508 e. The fourth-order valence-corrected chi connectivity index (χ4v) is 3.04. The van der Waals surface area contributed by atoms with Crippen LogP contribution in [-0.4, -0.2) is 38.4 Å². The molecule has 3 rings (SSSR count). The number of benzene rings is 2. The second-order valence-electron chi connectivity index (χ2n) is 5.74. The Morgan fingerprint density at radius 2 is 1.73 bits per heavy atom. The summed E-state index contributed by atoms with van der Waals surface area (Å²) >= 11 is 0. The average molecular weight is 299 g/mol. The Morgan fingerprint density at radius 1 is 1.05 bits per heavy atom. The van der Waals surface area contributed by atoms with E-state index in [0.717, 1.165) is 38.5 Å². The van der Waals surface area contributed by atoms with Gasteiger partial charge in [0, 0.05) is 11.3 Å². The van der Waals surface area contributed by atoms with E-state index in [4.69, 9.17) is 4.74 Å². The lowest BCUT2D eigenvalue weighted by molar-refractivity contribution is -0.914. The van der Waals surface area contributed by atoms with Crippen molar-refractivity contribution in [2.24, 2.45) is 0 Å². The molecule has 0 atom stereocenters. The molecule has 4 heteroatoms. The van der Waals surface area contributed by atoms with Crippen molar-refractivity contribution in [2.45, 2.75) is 6.54 Å². The number of phenols is 1. The standard InChI is InChI=1S/C18H22N2O2/c1-22-18-5-3-2-4-15(18)14-19-10-12-20(13-11-19)16-6-8-17(21)9-7-16/h2-9,21H,10-14H2,1H3/p+1. The minimum atomic E-state index is 0.323. The third-order valence-electron chi connectivity index (χ3n) is 4.32. The number of methoxy groups -OCH3 is 1. The van der Waals surface area contributed by atoms with Gasteiger partial charge in [0.15, 0.2) is 0 Å². The van der Waals surface area contributed by atoms with E-state index in [1.807, 2.05) is 24.3 Å². The van der Waals surface area contributed by atoms with Crippen LogP contribution in [0.3, 0.4) is 0 Å². The lowest BCUT2D eigenvalue weighted by atomic mass is 10.1. The Bertz CT molecular complexity index is 605. The summed E-state index contributed by atoms with van der Waals surface area (Å²) < 4.78 is 5.44. The number of hydrogen-bond donors (Lipinski definition) is 2. The lowest BCUT2D eigenvalue weighted by Crippen LogP contribution is -3.13. The van der Waals surface area contributed by atoms with Gasteiger partial charge in [-0.05, 0) is 36.4 Å². The number of nitrogens with one attached hydrogen (secondary N) is 1. The van der Waals surface area contributed by atoms with Gasteiger partial charge in [0.05, 0.1) is 33.3 Å². The first-order valence-electron chi connectivity index (χ1n) is 7.75. The Balaban J connectivity index is 1.59. The van der Waals surface area contributed by atoms with Crippen molar-refractivity contribution in [1.82, 2.24) is 0 Å². The molecule has 0 amide bonds. The predicted octanol–water partition coefficient (Wildman–Crippen LogP) is 1.31. The molecule has 22 heavy (non-hydrogen) atoms. The number of phenolic OH excluding ortho intramolecular Hbond substituents is 1. The monoisotopic (exact) mass is 299 g/mol. The highest BCUT2D eigenvalue weighted by atomic mass is 16.5. The molecule has 116 valence electrons. The van der Waals surface area contributed by atoms with Gasteiger partial charge in [0.2, 0.25) is 0 Å². The van der Waals surface area contributed by atoms with Gasteiger partial charge in [-0.15, -0.1) is 0 Å². The Morgan fingerprint density at radius 3 is 2.41 bits per heavy atom. The molecule has 0 unspecified atom stereocenters. The highest BCUT2D eigenvalue weighted by molar-refractivity contribution is 5.48. The number of hydrogen-bond acceptors (Lipinski definition) is 3. The van der Waals surface area contributed by atoms with Gasteiger partial charge in [-0.3, -0.25) is 0 Å². The number of nitrogens with zero attached hydrogens (tertiary/aromatic N) is 1. The molecule has 1 saturated heterocycles. The van der Waals surface area contributed by atoms with Crippen molar-refractivity contribution in [3.05, 3.63) is 54.1 Å². The van der Waals surface area contributed by atoms with E-state index in [9.17, 15) is 5.11 Å². The van der Waals surface area contributed by atoms with E-state index in [0.29, 0.717) is 5.75 Å². The normalized spacial score (nSPS) is 15.8. The quantitative estimate of drug-likeness (QED) is 0.894. The Kier molecular flexibility index (Phi) is 4.49. The van der Waals surface area contributed by atoms with Crippen molar-refractivity contribution in [1.29, 1.82) is 0 Å². The Hall–Kier alpha value is -2.20. The maximum absolute atomic E-state index is 9.38. The van der Waals surface area contributed by atoms with Crippen LogP contribution in [-0.2, 0) is 6.54 Å². The minimum absolute atomic E-state index is 0.323. The van der Waals surface area contributed by atoms with E-state index < -0.39 is 0 Å². The maximum atomic E-state index is 9.38. The van der Waals surface area contributed by atoms with Crippen molar-refractivity contribution in [3.63, 3.8) is 0 Å². The van der Waals surface area contributed by atoms with Crippen LogP contribution in [0.5, 0.6) is 11.5 Å². The smallest absolute Gasteiger partial charge is 0.127 e.